The first kappa shape index (κ1) is 22.4. The Morgan fingerprint density at radius 1 is 1.13 bits per heavy atom. The van der Waals surface area contributed by atoms with Gasteiger partial charge in [-0.15, -0.1) is 5.10 Å². The Hall–Kier alpha value is -3.27. The van der Waals surface area contributed by atoms with E-state index in [2.05, 4.69) is 31.6 Å². The highest BCUT2D eigenvalue weighted by Crippen LogP contribution is 2.30. The van der Waals surface area contributed by atoms with Crippen LogP contribution in [0.2, 0.25) is 0 Å². The highest BCUT2D eigenvalue weighted by molar-refractivity contribution is 9.10. The third-order valence-electron chi connectivity index (χ3n) is 4.35. The molecule has 0 spiro atoms. The van der Waals surface area contributed by atoms with Gasteiger partial charge in [0.25, 0.3) is 5.91 Å². The van der Waals surface area contributed by atoms with Crippen molar-refractivity contribution in [1.82, 2.24) is 15.0 Å². The van der Waals surface area contributed by atoms with E-state index >= 15 is 0 Å². The van der Waals surface area contributed by atoms with E-state index in [0.29, 0.717) is 36.9 Å². The summed E-state index contributed by atoms with van der Waals surface area (Å²) >= 11 is 3.45. The fourth-order valence-corrected chi connectivity index (χ4v) is 3.49. The van der Waals surface area contributed by atoms with Gasteiger partial charge in [0.2, 0.25) is 0 Å². The number of nitrogens with zero attached hydrogens (tertiary/aromatic N) is 3. The van der Waals surface area contributed by atoms with Gasteiger partial charge in [-0.3, -0.25) is 4.79 Å². The van der Waals surface area contributed by atoms with Crippen LogP contribution in [0.4, 0.5) is 11.5 Å². The van der Waals surface area contributed by atoms with Crippen LogP contribution in [-0.2, 0) is 6.54 Å². The number of methoxy groups -OCH3 is 1. The van der Waals surface area contributed by atoms with Crippen LogP contribution >= 0.6 is 15.9 Å². The molecule has 2 aromatic carbocycles. The topological polar surface area (TPSA) is 114 Å². The summed E-state index contributed by atoms with van der Waals surface area (Å²) in [6.07, 6.45) is 0. The summed E-state index contributed by atoms with van der Waals surface area (Å²) in [6.45, 7) is 5.05. The Morgan fingerprint density at radius 2 is 1.87 bits per heavy atom. The van der Waals surface area contributed by atoms with E-state index < -0.39 is 5.91 Å². The maximum Gasteiger partial charge on any atom is 0.280 e. The van der Waals surface area contributed by atoms with Gasteiger partial charge in [-0.1, -0.05) is 11.3 Å². The normalized spacial score (nSPS) is 10.6. The molecular formula is C21H24BrN5O4. The number of amides is 1. The van der Waals surface area contributed by atoms with Crippen molar-refractivity contribution in [3.05, 3.63) is 52.1 Å². The molecule has 0 aliphatic carbocycles. The lowest BCUT2D eigenvalue weighted by molar-refractivity contribution is 0.102. The number of hydrogen-bond donors (Lipinski definition) is 2. The SMILES string of the molecule is CCOc1ccc(OCC)c(NC(=O)c2nnn(Cc3ccc(OC)c(Br)c3)c2N)c1. The Bertz CT molecular complexity index is 1070. The maximum absolute atomic E-state index is 12.8. The molecule has 1 amide bonds. The van der Waals surface area contributed by atoms with E-state index in [4.69, 9.17) is 19.9 Å². The van der Waals surface area contributed by atoms with Crippen LogP contribution in [0, 0.1) is 0 Å². The van der Waals surface area contributed by atoms with Gasteiger partial charge in [-0.2, -0.15) is 0 Å². The molecular weight excluding hydrogens is 466 g/mol. The summed E-state index contributed by atoms with van der Waals surface area (Å²) in [5, 5.41) is 10.8. The van der Waals surface area contributed by atoms with Crippen molar-refractivity contribution in [2.45, 2.75) is 20.4 Å². The van der Waals surface area contributed by atoms with Crippen LogP contribution in [0.15, 0.2) is 40.9 Å². The summed E-state index contributed by atoms with van der Waals surface area (Å²) in [6, 6.07) is 10.8. The van der Waals surface area contributed by atoms with E-state index in [9.17, 15) is 4.79 Å². The summed E-state index contributed by atoms with van der Waals surface area (Å²) < 4.78 is 18.6. The molecule has 0 fully saturated rings. The number of nitrogens with one attached hydrogen (secondary N) is 1. The van der Waals surface area contributed by atoms with Crippen molar-refractivity contribution in [3.8, 4) is 17.2 Å². The lowest BCUT2D eigenvalue weighted by Crippen LogP contribution is -2.16. The van der Waals surface area contributed by atoms with Crippen LogP contribution in [0.25, 0.3) is 0 Å². The molecule has 0 radical (unpaired) electrons. The smallest absolute Gasteiger partial charge is 0.280 e. The second-order valence-corrected chi connectivity index (χ2v) is 7.28. The predicted octanol–water partition coefficient (Wildman–Crippen LogP) is 3.73. The highest BCUT2D eigenvalue weighted by Gasteiger charge is 2.20. The van der Waals surface area contributed by atoms with Gasteiger partial charge in [0.05, 0.1) is 37.0 Å². The van der Waals surface area contributed by atoms with Crippen LogP contribution in [0.1, 0.15) is 29.9 Å². The highest BCUT2D eigenvalue weighted by atomic mass is 79.9. The largest absolute Gasteiger partial charge is 0.496 e. The summed E-state index contributed by atoms with van der Waals surface area (Å²) in [4.78, 5) is 12.8. The molecule has 31 heavy (non-hydrogen) atoms. The fourth-order valence-electron chi connectivity index (χ4n) is 2.91. The van der Waals surface area contributed by atoms with Crippen LogP contribution in [-0.4, -0.2) is 41.2 Å². The Kier molecular flexibility index (Phi) is 7.35. The molecule has 164 valence electrons. The van der Waals surface area contributed by atoms with E-state index in [1.165, 1.54) is 4.68 Å². The zero-order valence-corrected chi connectivity index (χ0v) is 19.1. The first-order valence-corrected chi connectivity index (χ1v) is 10.5. The van der Waals surface area contributed by atoms with Crippen LogP contribution in [0.3, 0.4) is 0 Å². The molecule has 0 saturated carbocycles. The lowest BCUT2D eigenvalue weighted by atomic mass is 10.2. The molecule has 1 aromatic heterocycles. The van der Waals surface area contributed by atoms with Crippen molar-refractivity contribution in [1.29, 1.82) is 0 Å². The van der Waals surface area contributed by atoms with Crippen molar-refractivity contribution in [2.24, 2.45) is 0 Å². The molecule has 10 heteroatoms. The van der Waals surface area contributed by atoms with Crippen molar-refractivity contribution < 1.29 is 19.0 Å². The standard InChI is InChI=1S/C21H24BrN5O4/c1-4-30-14-7-9-18(31-5-2)16(11-14)24-21(28)19-20(23)27(26-25-19)12-13-6-8-17(29-3)15(22)10-13/h6-11H,4-5,12,23H2,1-3H3,(H,24,28). The van der Waals surface area contributed by atoms with E-state index in [1.807, 2.05) is 32.0 Å². The Labute approximate surface area is 188 Å². The summed E-state index contributed by atoms with van der Waals surface area (Å²) in [7, 11) is 1.60. The van der Waals surface area contributed by atoms with Crippen molar-refractivity contribution >= 4 is 33.3 Å². The minimum absolute atomic E-state index is 0.0249. The molecule has 0 bridgehead atoms. The third kappa shape index (κ3) is 5.26. The van der Waals surface area contributed by atoms with Crippen molar-refractivity contribution in [2.75, 3.05) is 31.4 Å². The van der Waals surface area contributed by atoms with Gasteiger partial charge in [-0.05, 0) is 59.6 Å². The quantitative estimate of drug-likeness (QED) is 0.470. The second-order valence-electron chi connectivity index (χ2n) is 6.43. The molecule has 9 nitrogen and oxygen atoms in total. The first-order chi connectivity index (χ1) is 15.0. The predicted molar refractivity (Wildman–Crippen MR) is 121 cm³/mol. The second kappa shape index (κ2) is 10.2. The number of nitrogens with two attached hydrogens (primary N) is 1. The molecule has 3 aromatic rings. The summed E-state index contributed by atoms with van der Waals surface area (Å²) in [5.41, 5.74) is 7.56. The van der Waals surface area contributed by atoms with Gasteiger partial charge in [0, 0.05) is 6.07 Å². The number of benzene rings is 2. The van der Waals surface area contributed by atoms with Gasteiger partial charge in [0.1, 0.15) is 17.2 Å². The lowest BCUT2D eigenvalue weighted by Gasteiger charge is -2.13. The Morgan fingerprint density at radius 3 is 2.55 bits per heavy atom. The Balaban J connectivity index is 1.80. The number of anilines is 2. The number of halogens is 1. The molecule has 0 unspecified atom stereocenters. The average Bonchev–Trinajstić information content (AvgIpc) is 3.10. The molecule has 0 saturated heterocycles. The molecule has 0 aliphatic rings. The molecule has 3 rings (SSSR count). The average molecular weight is 490 g/mol. The summed E-state index contributed by atoms with van der Waals surface area (Å²) in [5.74, 6) is 1.52. The first-order valence-electron chi connectivity index (χ1n) is 9.69. The minimum Gasteiger partial charge on any atom is -0.496 e. The van der Waals surface area contributed by atoms with E-state index in [1.54, 1.807) is 25.3 Å². The van der Waals surface area contributed by atoms with Gasteiger partial charge >= 0.3 is 0 Å². The third-order valence-corrected chi connectivity index (χ3v) is 4.97. The van der Waals surface area contributed by atoms with Gasteiger partial charge in [0.15, 0.2) is 11.5 Å². The monoisotopic (exact) mass is 489 g/mol. The van der Waals surface area contributed by atoms with Gasteiger partial charge < -0.3 is 25.3 Å². The number of aromatic nitrogens is 3. The molecule has 0 atom stereocenters. The molecule has 1 heterocycles. The zero-order valence-electron chi connectivity index (χ0n) is 17.5. The van der Waals surface area contributed by atoms with Crippen LogP contribution < -0.4 is 25.3 Å². The number of ether oxygens (including phenoxy) is 3. The van der Waals surface area contributed by atoms with Crippen molar-refractivity contribution in [3.63, 3.8) is 0 Å². The molecule has 3 N–H and O–H groups in total. The number of carbonyl (C=O) groups is 1. The van der Waals surface area contributed by atoms with Gasteiger partial charge in [-0.25, -0.2) is 4.68 Å². The molecule has 0 aliphatic heterocycles. The van der Waals surface area contributed by atoms with Crippen LogP contribution in [0.5, 0.6) is 17.2 Å². The fraction of sp³-hybridized carbons (Fsp3) is 0.286. The number of rotatable bonds is 9. The number of hydrogen-bond acceptors (Lipinski definition) is 7. The van der Waals surface area contributed by atoms with E-state index in [0.717, 1.165) is 15.8 Å². The minimum atomic E-state index is -0.491. The number of carbonyl (C=O) groups excluding carboxylic acids is 1. The van der Waals surface area contributed by atoms with E-state index in [-0.39, 0.29) is 11.5 Å². The number of nitrogen functional groups attached to an aromatic ring is 1. The maximum atomic E-state index is 12.8. The zero-order chi connectivity index (χ0) is 22.4.